The Morgan fingerprint density at radius 1 is 1.67 bits per heavy atom. The van der Waals surface area contributed by atoms with Gasteiger partial charge in [-0.2, -0.15) is 0 Å². The summed E-state index contributed by atoms with van der Waals surface area (Å²) in [7, 11) is -1.20. The zero-order valence-electron chi connectivity index (χ0n) is 4.55. The van der Waals surface area contributed by atoms with Crippen molar-refractivity contribution in [3.63, 3.8) is 0 Å². The number of nitrogens with one attached hydrogen (secondary N) is 1. The second kappa shape index (κ2) is 2.53. The topological polar surface area (TPSA) is 46.2 Å². The quantitative estimate of drug-likeness (QED) is 0.475. The molecule has 1 amide bonds. The van der Waals surface area contributed by atoms with Crippen LogP contribution in [0, 0.1) is 0 Å². The molecule has 1 heterocycles. The van der Waals surface area contributed by atoms with E-state index in [1.54, 1.807) is 0 Å². The number of hydrogen-bond donors (Lipinski definition) is 1. The average Bonchev–Trinajstić information content (AvgIpc) is 1.83. The first-order valence-electron chi connectivity index (χ1n) is 2.42. The van der Waals surface area contributed by atoms with Crippen LogP contribution in [0.1, 0.15) is 0 Å². The van der Waals surface area contributed by atoms with Crippen molar-refractivity contribution in [2.24, 2.45) is 0 Å². The van der Waals surface area contributed by atoms with Gasteiger partial charge in [0.25, 0.3) is 5.91 Å². The lowest BCUT2D eigenvalue weighted by Gasteiger charge is -2.10. The van der Waals surface area contributed by atoms with Crippen molar-refractivity contribution < 1.29 is 9.00 Å². The van der Waals surface area contributed by atoms with E-state index in [2.05, 4.69) is 17.5 Å². The van der Waals surface area contributed by atoms with Gasteiger partial charge in [0.1, 0.15) is 0 Å². The lowest BCUT2D eigenvalue weighted by atomic mass is 10.6. The predicted octanol–water partition coefficient (Wildman–Crippen LogP) is -0.808. The highest BCUT2D eigenvalue weighted by molar-refractivity contribution is 8.15. The minimum atomic E-state index is -1.20. The van der Waals surface area contributed by atoms with E-state index < -0.39 is 10.8 Å². The Morgan fingerprint density at radius 3 is 2.78 bits per heavy atom. The normalized spacial score (nSPS) is 27.8. The van der Waals surface area contributed by atoms with Gasteiger partial charge in [0, 0.05) is 12.3 Å². The molecule has 0 radical (unpaired) electrons. The Morgan fingerprint density at radius 2 is 2.33 bits per heavy atom. The van der Waals surface area contributed by atoms with Crippen LogP contribution in [0.15, 0.2) is 0 Å². The molecule has 0 aliphatic carbocycles. The number of carbonyl (C=O) groups is 1. The van der Waals surface area contributed by atoms with Crippen LogP contribution in [0.25, 0.3) is 0 Å². The maximum atomic E-state index is 10.7. The van der Waals surface area contributed by atoms with Crippen LogP contribution in [0.5, 0.6) is 0 Å². The highest BCUT2D eigenvalue weighted by Gasteiger charge is 2.20. The third-order valence-electron chi connectivity index (χ3n) is 0.965. The van der Waals surface area contributed by atoms with Crippen LogP contribution in [0.3, 0.4) is 0 Å². The molecule has 1 unspecified atom stereocenters. The van der Waals surface area contributed by atoms with Crippen LogP contribution in [0.4, 0.5) is 0 Å². The molecule has 9 heavy (non-hydrogen) atoms. The molecule has 1 fully saturated rings. The summed E-state index contributed by atoms with van der Waals surface area (Å²) in [4.78, 5) is 10.6. The first-order valence-corrected chi connectivity index (χ1v) is 4.15. The molecule has 1 aliphatic rings. The second-order valence-electron chi connectivity index (χ2n) is 1.59. The molecule has 0 spiro atoms. The smallest absolute Gasteiger partial charge is 0.271 e. The minimum Gasteiger partial charge on any atom is -0.350 e. The van der Waals surface area contributed by atoms with E-state index in [4.69, 9.17) is 0 Å². The largest absolute Gasteiger partial charge is 0.350 e. The maximum Gasteiger partial charge on any atom is 0.271 e. The molecule has 0 saturated carbocycles. The standard InChI is InChI=1S/C4H5NO2S2/c6-3-4(8)9(7)2-1-5-3/h1-2H2,(H,5,6). The Bertz CT molecular complexity index is 171. The van der Waals surface area contributed by atoms with E-state index in [-0.39, 0.29) is 10.1 Å². The summed E-state index contributed by atoms with van der Waals surface area (Å²) in [5, 5.41) is 2.49. The van der Waals surface area contributed by atoms with E-state index in [0.29, 0.717) is 12.3 Å². The van der Waals surface area contributed by atoms with Crippen LogP contribution in [-0.2, 0) is 15.6 Å². The summed E-state index contributed by atoms with van der Waals surface area (Å²) in [6.07, 6.45) is 0. The number of thiocarbonyl (C=S) groups is 1. The number of hydrogen-bond acceptors (Lipinski definition) is 3. The van der Waals surface area contributed by atoms with Gasteiger partial charge in [-0.25, -0.2) is 0 Å². The molecule has 0 aromatic carbocycles. The molecule has 5 heteroatoms. The monoisotopic (exact) mass is 163 g/mol. The first kappa shape index (κ1) is 6.82. The third kappa shape index (κ3) is 1.34. The summed E-state index contributed by atoms with van der Waals surface area (Å²) >= 11 is 4.54. The lowest BCUT2D eigenvalue weighted by Crippen LogP contribution is -2.41. The summed E-state index contributed by atoms with van der Waals surface area (Å²) in [6.45, 7) is 0.478. The van der Waals surface area contributed by atoms with Crippen molar-refractivity contribution in [1.29, 1.82) is 0 Å². The summed E-state index contributed by atoms with van der Waals surface area (Å²) in [5.74, 6) is 0.111. The highest BCUT2D eigenvalue weighted by Crippen LogP contribution is 1.93. The van der Waals surface area contributed by atoms with E-state index >= 15 is 0 Å². The number of amides is 1. The van der Waals surface area contributed by atoms with Crippen molar-refractivity contribution in [2.75, 3.05) is 12.3 Å². The molecule has 0 aromatic heterocycles. The first-order chi connectivity index (χ1) is 4.22. The zero-order chi connectivity index (χ0) is 6.85. The van der Waals surface area contributed by atoms with Crippen molar-refractivity contribution in [3.05, 3.63) is 0 Å². The van der Waals surface area contributed by atoms with Gasteiger partial charge in [-0.3, -0.25) is 9.00 Å². The lowest BCUT2D eigenvalue weighted by molar-refractivity contribution is -0.114. The highest BCUT2D eigenvalue weighted by atomic mass is 32.2. The zero-order valence-corrected chi connectivity index (χ0v) is 6.18. The van der Waals surface area contributed by atoms with Crippen molar-refractivity contribution in [3.8, 4) is 0 Å². The summed E-state index contributed by atoms with van der Waals surface area (Å²) < 4.78 is 10.7. The Kier molecular flexibility index (Phi) is 1.92. The number of carbonyl (C=O) groups excluding carboxylic acids is 1. The molecule has 0 aromatic rings. The average molecular weight is 163 g/mol. The van der Waals surface area contributed by atoms with Gasteiger partial charge in [-0.1, -0.05) is 12.2 Å². The molecule has 0 bridgehead atoms. The van der Waals surface area contributed by atoms with Crippen LogP contribution in [-0.4, -0.2) is 26.6 Å². The summed E-state index contributed by atoms with van der Waals surface area (Å²) in [6, 6.07) is 0. The molecule has 1 N–H and O–H groups in total. The Hall–Kier alpha value is -0.290. The van der Waals surface area contributed by atoms with E-state index in [1.807, 2.05) is 0 Å². The van der Waals surface area contributed by atoms with Crippen LogP contribution >= 0.6 is 12.2 Å². The molecule has 50 valence electrons. The minimum absolute atomic E-state index is 0.0289. The molecule has 3 nitrogen and oxygen atoms in total. The fourth-order valence-electron chi connectivity index (χ4n) is 0.526. The molecular formula is C4H5NO2S2. The predicted molar refractivity (Wildman–Crippen MR) is 38.6 cm³/mol. The van der Waals surface area contributed by atoms with Gasteiger partial charge in [0.15, 0.2) is 4.20 Å². The van der Waals surface area contributed by atoms with Crippen molar-refractivity contribution >= 4 is 33.1 Å². The van der Waals surface area contributed by atoms with Gasteiger partial charge in [0.05, 0.1) is 10.8 Å². The maximum absolute atomic E-state index is 10.7. The van der Waals surface area contributed by atoms with Gasteiger partial charge in [0.2, 0.25) is 0 Å². The number of rotatable bonds is 0. The molecule has 1 saturated heterocycles. The summed E-state index contributed by atoms with van der Waals surface area (Å²) in [5.41, 5.74) is 0. The van der Waals surface area contributed by atoms with Gasteiger partial charge >= 0.3 is 0 Å². The van der Waals surface area contributed by atoms with E-state index in [0.717, 1.165) is 0 Å². The Balaban J connectivity index is 2.74. The van der Waals surface area contributed by atoms with E-state index in [1.165, 1.54) is 0 Å². The fraction of sp³-hybridized carbons (Fsp3) is 0.500. The molecule has 1 atom stereocenters. The van der Waals surface area contributed by atoms with Gasteiger partial charge < -0.3 is 5.32 Å². The Labute approximate surface area is 60.3 Å². The van der Waals surface area contributed by atoms with Crippen LogP contribution in [0.2, 0.25) is 0 Å². The van der Waals surface area contributed by atoms with E-state index in [9.17, 15) is 9.00 Å². The third-order valence-corrected chi connectivity index (χ3v) is 2.88. The molecule has 1 aliphatic heterocycles. The molecular weight excluding hydrogens is 158 g/mol. The van der Waals surface area contributed by atoms with Crippen molar-refractivity contribution in [2.45, 2.75) is 0 Å². The van der Waals surface area contributed by atoms with Gasteiger partial charge in [-0.05, 0) is 0 Å². The fourth-order valence-corrected chi connectivity index (χ4v) is 1.60. The SMILES string of the molecule is O=C1NCCS(=O)C1=S. The van der Waals surface area contributed by atoms with Crippen LogP contribution < -0.4 is 5.32 Å². The second-order valence-corrected chi connectivity index (χ2v) is 3.77. The molecule has 1 rings (SSSR count). The van der Waals surface area contributed by atoms with Gasteiger partial charge in [-0.15, -0.1) is 0 Å². The van der Waals surface area contributed by atoms with Crippen molar-refractivity contribution in [1.82, 2.24) is 5.32 Å².